The average molecular weight is 774 g/mol. The van der Waals surface area contributed by atoms with Gasteiger partial charge in [0, 0.05) is 25.4 Å². The lowest BCUT2D eigenvalue weighted by atomic mass is 9.43. The molecule has 7 rings (SSSR count). The Morgan fingerprint density at radius 3 is 2.36 bits per heavy atom. The van der Waals surface area contributed by atoms with Gasteiger partial charge in [0.15, 0.2) is 5.03 Å². The van der Waals surface area contributed by atoms with Crippen LogP contribution in [0.5, 0.6) is 0 Å². The van der Waals surface area contributed by atoms with Gasteiger partial charge in [-0.25, -0.2) is 19.9 Å². The normalized spacial score (nSPS) is 24.2. The molecule has 0 unspecified atom stereocenters. The van der Waals surface area contributed by atoms with E-state index in [2.05, 4.69) is 79.8 Å². The first-order chi connectivity index (χ1) is 26.7. The van der Waals surface area contributed by atoms with Gasteiger partial charge in [-0.05, 0) is 90.9 Å². The van der Waals surface area contributed by atoms with E-state index in [0.717, 1.165) is 35.1 Å². The first-order valence-electron chi connectivity index (χ1n) is 19.9. The molecule has 1 heterocycles. The van der Waals surface area contributed by atoms with Crippen LogP contribution in [0, 0.1) is 33.3 Å². The van der Waals surface area contributed by atoms with Gasteiger partial charge in [0.1, 0.15) is 12.6 Å². The molecule has 6 N–H and O–H groups in total. The number of hydrazine groups is 1. The lowest BCUT2D eigenvalue weighted by Crippen LogP contribution is -2.65. The number of carbonyl (C=O) groups is 3. The van der Waals surface area contributed by atoms with E-state index in [9.17, 15) is 24.5 Å². The van der Waals surface area contributed by atoms with Gasteiger partial charge < -0.3 is 35.7 Å². The van der Waals surface area contributed by atoms with Gasteiger partial charge in [-0.3, -0.25) is 9.59 Å². The van der Waals surface area contributed by atoms with Crippen molar-refractivity contribution >= 4 is 31.0 Å². The summed E-state index contributed by atoms with van der Waals surface area (Å²) in [5.41, 5.74) is 11.6. The predicted molar refractivity (Wildman–Crippen MR) is 212 cm³/mol. The molecule has 1 saturated heterocycles. The molecule has 0 aromatic heterocycles. The summed E-state index contributed by atoms with van der Waals surface area (Å²) in [4.78, 5) is 54.5. The topological polar surface area (TPSA) is 209 Å². The minimum atomic E-state index is -0.932. The Balaban J connectivity index is 1.02. The smallest absolute Gasteiger partial charge is 0.449 e. The molecular weight excluding hydrogens is 717 g/mol. The fourth-order valence-electron chi connectivity index (χ4n) is 9.35. The number of aliphatic imine (C=N–C) groups is 1. The van der Waals surface area contributed by atoms with E-state index >= 15 is 0 Å². The van der Waals surface area contributed by atoms with Gasteiger partial charge in [0.25, 0.3) is 5.96 Å². The van der Waals surface area contributed by atoms with E-state index < -0.39 is 41.7 Å². The lowest BCUT2D eigenvalue weighted by Gasteiger charge is -2.64. The zero-order valence-electron chi connectivity index (χ0n) is 33.0. The zero-order chi connectivity index (χ0) is 40.2. The molecule has 3 saturated carbocycles. The van der Waals surface area contributed by atoms with Crippen LogP contribution in [-0.2, 0) is 23.6 Å². The Labute approximate surface area is 328 Å². The third kappa shape index (κ3) is 8.96. The van der Waals surface area contributed by atoms with E-state index in [1.807, 2.05) is 24.3 Å². The molecular formula is C40H56BN7O8. The Bertz CT molecular complexity index is 1760. The highest BCUT2D eigenvalue weighted by atomic mass is 16.7. The molecule has 2 aromatic carbocycles. The molecule has 302 valence electrons. The Hall–Kier alpha value is -4.70. The van der Waals surface area contributed by atoms with Crippen LogP contribution < -0.4 is 27.1 Å². The predicted octanol–water partition coefficient (Wildman–Crippen LogP) is 4.46. The number of rotatable bonds is 17. The van der Waals surface area contributed by atoms with Crippen molar-refractivity contribution in [2.24, 2.45) is 33.9 Å². The van der Waals surface area contributed by atoms with Crippen LogP contribution in [0.3, 0.4) is 0 Å². The molecule has 0 radical (unpaired) electrons. The summed E-state index contributed by atoms with van der Waals surface area (Å²) in [6, 6.07) is 15.3. The van der Waals surface area contributed by atoms with Gasteiger partial charge in [-0.2, -0.15) is 0 Å². The molecule has 4 fully saturated rings. The number of nitrogens with one attached hydrogen (secondary N) is 4. The standard InChI is InChI=1S/C40H56BN7O8/c1-24(2)20-34(41-55-33-22-25-21-32(39(25,3)4)40(33,5)56-41)46-36(50)31(16-10-18-43-37(42)47-48(52)53)45-35(49)17-11-19-44-38(51)54-23-30-28-14-8-6-12-26(28)27-13-7-9-15-29(27)30/h6-9,12-15,24-25,30-34H,10-11,16-23H2,1-5H3,(H,44,51)(H,45,49)(H,46,50)(H3,42,43,47)/t25-,31+,32-,33-,34+,40+/m1/s1. The summed E-state index contributed by atoms with van der Waals surface area (Å²) in [6.07, 6.45) is 2.88. The van der Waals surface area contributed by atoms with Crippen LogP contribution >= 0.6 is 0 Å². The minimum Gasteiger partial charge on any atom is -0.449 e. The molecule has 5 aliphatic rings. The molecule has 16 heteroatoms. The number of benzene rings is 2. The second-order valence-corrected chi connectivity index (χ2v) is 16.8. The Morgan fingerprint density at radius 1 is 1.04 bits per heavy atom. The maximum Gasteiger partial charge on any atom is 0.481 e. The van der Waals surface area contributed by atoms with Gasteiger partial charge in [-0.1, -0.05) is 81.7 Å². The van der Waals surface area contributed by atoms with Crippen molar-refractivity contribution in [2.75, 3.05) is 19.7 Å². The van der Waals surface area contributed by atoms with Crippen molar-refractivity contribution in [3.63, 3.8) is 0 Å². The molecule has 2 aromatic rings. The second kappa shape index (κ2) is 17.2. The van der Waals surface area contributed by atoms with Crippen molar-refractivity contribution < 1.29 is 33.5 Å². The molecule has 6 atom stereocenters. The first kappa shape index (κ1) is 41.0. The van der Waals surface area contributed by atoms with Gasteiger partial charge in [-0.15, -0.1) is 0 Å². The molecule has 1 aliphatic heterocycles. The number of nitrogens with two attached hydrogens (primary N) is 1. The maximum absolute atomic E-state index is 14.0. The second-order valence-electron chi connectivity index (χ2n) is 16.8. The minimum absolute atomic E-state index is 0.0495. The summed E-state index contributed by atoms with van der Waals surface area (Å²) < 4.78 is 18.9. The number of nitro groups is 1. The summed E-state index contributed by atoms with van der Waals surface area (Å²) in [6.45, 7) is 11.4. The number of amides is 3. The fraction of sp³-hybridized carbons (Fsp3) is 0.600. The van der Waals surface area contributed by atoms with E-state index in [4.69, 9.17) is 19.8 Å². The highest BCUT2D eigenvalue weighted by Crippen LogP contribution is 2.65. The van der Waals surface area contributed by atoms with Crippen LogP contribution in [0.4, 0.5) is 4.79 Å². The number of alkyl carbamates (subject to hydrolysis) is 1. The van der Waals surface area contributed by atoms with E-state index in [1.165, 1.54) is 0 Å². The molecule has 15 nitrogen and oxygen atoms in total. The van der Waals surface area contributed by atoms with Crippen LogP contribution in [0.25, 0.3) is 11.1 Å². The van der Waals surface area contributed by atoms with E-state index in [0.29, 0.717) is 31.1 Å². The monoisotopic (exact) mass is 773 g/mol. The third-order valence-corrected chi connectivity index (χ3v) is 12.3. The number of hydrogen-bond donors (Lipinski definition) is 5. The molecule has 2 bridgehead atoms. The van der Waals surface area contributed by atoms with Crippen molar-refractivity contribution in [1.82, 2.24) is 21.4 Å². The van der Waals surface area contributed by atoms with Crippen molar-refractivity contribution in [2.45, 2.75) is 109 Å². The SMILES string of the molecule is CC(C)C[C@H](NC(=O)[C@H](CCCN=C(N)N[N+](=O)[O-])NC(=O)CCCNC(=O)OCC1c2ccccc2-c2ccccc21)B1O[C@@H]2C[C@H]3C[C@H](C3(C)C)[C@]2(C)O1. The van der Waals surface area contributed by atoms with Gasteiger partial charge >= 0.3 is 13.2 Å². The number of fused-ring (bicyclic) bond motifs is 3. The molecule has 56 heavy (non-hydrogen) atoms. The summed E-state index contributed by atoms with van der Waals surface area (Å²) in [5, 5.41) is 18.6. The van der Waals surface area contributed by atoms with E-state index in [-0.39, 0.29) is 67.8 Å². The first-order valence-corrected chi connectivity index (χ1v) is 19.9. The Morgan fingerprint density at radius 2 is 1.71 bits per heavy atom. The third-order valence-electron chi connectivity index (χ3n) is 12.3. The number of nitrogens with zero attached hydrogens (tertiary/aromatic N) is 2. The summed E-state index contributed by atoms with van der Waals surface area (Å²) in [5.74, 6) is -0.470. The van der Waals surface area contributed by atoms with Crippen LogP contribution in [0.2, 0.25) is 0 Å². The van der Waals surface area contributed by atoms with Crippen LogP contribution in [0.15, 0.2) is 53.5 Å². The zero-order valence-corrected chi connectivity index (χ0v) is 33.0. The lowest BCUT2D eigenvalue weighted by molar-refractivity contribution is -0.525. The molecule has 4 aliphatic carbocycles. The number of carbonyl (C=O) groups excluding carboxylic acids is 3. The quantitative estimate of drug-likeness (QED) is 0.0381. The number of guanidine groups is 1. The maximum atomic E-state index is 14.0. The van der Waals surface area contributed by atoms with E-state index in [1.54, 1.807) is 5.43 Å². The van der Waals surface area contributed by atoms with Crippen LogP contribution in [-0.4, -0.2) is 79.4 Å². The average Bonchev–Trinajstić information content (AvgIpc) is 3.67. The van der Waals surface area contributed by atoms with Crippen molar-refractivity contribution in [3.05, 3.63) is 69.8 Å². The number of ether oxygens (including phenoxy) is 1. The molecule has 0 spiro atoms. The van der Waals surface area contributed by atoms with Gasteiger partial charge in [0.2, 0.25) is 11.8 Å². The van der Waals surface area contributed by atoms with Crippen molar-refractivity contribution in [1.29, 1.82) is 0 Å². The van der Waals surface area contributed by atoms with Crippen molar-refractivity contribution in [3.8, 4) is 11.1 Å². The number of hydrogen-bond acceptors (Lipinski definition) is 9. The largest absolute Gasteiger partial charge is 0.481 e. The fourth-order valence-corrected chi connectivity index (χ4v) is 9.35. The summed E-state index contributed by atoms with van der Waals surface area (Å²) in [7, 11) is -0.635. The highest BCUT2D eigenvalue weighted by Gasteiger charge is 2.68. The molecule has 3 amide bonds. The summed E-state index contributed by atoms with van der Waals surface area (Å²) >= 11 is 0. The highest BCUT2D eigenvalue weighted by molar-refractivity contribution is 6.48. The van der Waals surface area contributed by atoms with Crippen LogP contribution in [0.1, 0.15) is 96.6 Å². The Kier molecular flexibility index (Phi) is 12.6. The van der Waals surface area contributed by atoms with Gasteiger partial charge in [0.05, 0.1) is 17.6 Å².